The first-order valence-electron chi connectivity index (χ1n) is 7.73. The number of phenols is 1. The summed E-state index contributed by atoms with van der Waals surface area (Å²) in [6, 6.07) is 13.2. The molecule has 0 saturated carbocycles. The minimum atomic E-state index is -1.06. The van der Waals surface area contributed by atoms with Crippen molar-refractivity contribution in [3.05, 3.63) is 65.2 Å². The number of carbonyl (C=O) groups excluding carboxylic acids is 2. The standard InChI is InChI=1S/C19H16O6/c1-2-23-16-11-12(8-9-15(16)20)10-14-17(21)24-19(25-18(14)22)13-6-4-3-5-7-13/h3-11,19-20H,2H2,1H3. The van der Waals surface area contributed by atoms with Crippen molar-refractivity contribution in [2.75, 3.05) is 6.61 Å². The van der Waals surface area contributed by atoms with Gasteiger partial charge < -0.3 is 19.3 Å². The molecule has 1 aliphatic heterocycles. The van der Waals surface area contributed by atoms with E-state index in [1.807, 2.05) is 6.07 Å². The molecule has 3 rings (SSSR count). The topological polar surface area (TPSA) is 82.1 Å². The first kappa shape index (κ1) is 16.6. The number of phenolic OH excluding ortho intramolecular Hbond substituents is 1. The lowest BCUT2D eigenvalue weighted by atomic mass is 10.1. The smallest absolute Gasteiger partial charge is 0.348 e. The SMILES string of the molecule is CCOc1cc(C=C2C(=O)OC(c3ccccc3)OC2=O)ccc1O. The third-order valence-corrected chi connectivity index (χ3v) is 3.53. The summed E-state index contributed by atoms with van der Waals surface area (Å²) in [7, 11) is 0. The highest BCUT2D eigenvalue weighted by atomic mass is 16.7. The predicted molar refractivity (Wildman–Crippen MR) is 88.6 cm³/mol. The zero-order chi connectivity index (χ0) is 17.8. The fraction of sp³-hybridized carbons (Fsp3) is 0.158. The molecule has 1 heterocycles. The number of rotatable bonds is 4. The Bertz CT molecular complexity index is 805. The Morgan fingerprint density at radius 2 is 1.76 bits per heavy atom. The fourth-order valence-electron chi connectivity index (χ4n) is 2.35. The summed E-state index contributed by atoms with van der Waals surface area (Å²) in [5, 5.41) is 9.71. The summed E-state index contributed by atoms with van der Waals surface area (Å²) < 4.78 is 15.7. The van der Waals surface area contributed by atoms with Crippen LogP contribution in [-0.2, 0) is 19.1 Å². The van der Waals surface area contributed by atoms with Gasteiger partial charge in [0.25, 0.3) is 6.29 Å². The molecule has 1 aliphatic rings. The first-order chi connectivity index (χ1) is 12.1. The van der Waals surface area contributed by atoms with Crippen molar-refractivity contribution in [2.24, 2.45) is 0 Å². The molecule has 0 amide bonds. The molecule has 0 aromatic heterocycles. The van der Waals surface area contributed by atoms with Gasteiger partial charge in [0.15, 0.2) is 11.5 Å². The minimum absolute atomic E-state index is 0.0260. The van der Waals surface area contributed by atoms with Crippen molar-refractivity contribution in [3.8, 4) is 11.5 Å². The van der Waals surface area contributed by atoms with Crippen LogP contribution in [0.3, 0.4) is 0 Å². The molecule has 0 atom stereocenters. The van der Waals surface area contributed by atoms with Gasteiger partial charge in [0, 0.05) is 5.56 Å². The van der Waals surface area contributed by atoms with E-state index < -0.39 is 18.2 Å². The molecule has 0 bridgehead atoms. The minimum Gasteiger partial charge on any atom is -0.504 e. The Balaban J connectivity index is 1.84. The highest BCUT2D eigenvalue weighted by Crippen LogP contribution is 2.30. The Morgan fingerprint density at radius 1 is 1.08 bits per heavy atom. The lowest BCUT2D eigenvalue weighted by Gasteiger charge is -2.24. The highest BCUT2D eigenvalue weighted by Gasteiger charge is 2.34. The summed E-state index contributed by atoms with van der Waals surface area (Å²) in [5.41, 5.74) is 0.857. The van der Waals surface area contributed by atoms with E-state index >= 15 is 0 Å². The van der Waals surface area contributed by atoms with E-state index in [-0.39, 0.29) is 17.1 Å². The van der Waals surface area contributed by atoms with Crippen molar-refractivity contribution in [2.45, 2.75) is 13.2 Å². The van der Waals surface area contributed by atoms with Gasteiger partial charge in [-0.2, -0.15) is 0 Å². The van der Waals surface area contributed by atoms with Gasteiger partial charge in [0.1, 0.15) is 5.57 Å². The maximum Gasteiger partial charge on any atom is 0.348 e. The molecule has 6 heteroatoms. The van der Waals surface area contributed by atoms with Crippen LogP contribution in [0, 0.1) is 0 Å². The number of hydrogen-bond acceptors (Lipinski definition) is 6. The third kappa shape index (κ3) is 3.63. The van der Waals surface area contributed by atoms with Gasteiger partial charge in [-0.05, 0) is 30.7 Å². The molecule has 128 valence electrons. The van der Waals surface area contributed by atoms with Crippen LogP contribution in [0.15, 0.2) is 54.1 Å². The van der Waals surface area contributed by atoms with E-state index in [1.165, 1.54) is 18.2 Å². The Hall–Kier alpha value is -3.28. The molecule has 2 aromatic carbocycles. The lowest BCUT2D eigenvalue weighted by molar-refractivity contribution is -0.195. The summed E-state index contributed by atoms with van der Waals surface area (Å²) in [6.45, 7) is 2.15. The van der Waals surface area contributed by atoms with Crippen LogP contribution < -0.4 is 4.74 Å². The summed E-state index contributed by atoms with van der Waals surface area (Å²) in [6.07, 6.45) is 0.283. The van der Waals surface area contributed by atoms with Gasteiger partial charge in [-0.15, -0.1) is 0 Å². The second-order valence-electron chi connectivity index (χ2n) is 5.27. The van der Waals surface area contributed by atoms with E-state index in [9.17, 15) is 14.7 Å². The van der Waals surface area contributed by atoms with Crippen LogP contribution in [0.25, 0.3) is 6.08 Å². The number of aromatic hydroxyl groups is 1. The number of ether oxygens (including phenoxy) is 3. The van der Waals surface area contributed by atoms with Crippen LogP contribution in [0.1, 0.15) is 24.3 Å². The van der Waals surface area contributed by atoms with E-state index in [0.29, 0.717) is 17.7 Å². The molecule has 1 saturated heterocycles. The maximum atomic E-state index is 12.2. The second-order valence-corrected chi connectivity index (χ2v) is 5.27. The normalized spacial score (nSPS) is 16.8. The summed E-state index contributed by atoms with van der Waals surface area (Å²) >= 11 is 0. The van der Waals surface area contributed by atoms with Crippen LogP contribution in [-0.4, -0.2) is 23.7 Å². The Labute approximate surface area is 144 Å². The highest BCUT2D eigenvalue weighted by molar-refractivity contribution is 6.18. The summed E-state index contributed by atoms with van der Waals surface area (Å²) in [4.78, 5) is 24.4. The van der Waals surface area contributed by atoms with Gasteiger partial charge in [-0.1, -0.05) is 36.4 Å². The summed E-state index contributed by atoms with van der Waals surface area (Å²) in [5.74, 6) is -1.30. The largest absolute Gasteiger partial charge is 0.504 e. The lowest BCUT2D eigenvalue weighted by Crippen LogP contribution is -2.29. The van der Waals surface area contributed by atoms with Gasteiger partial charge in [0.2, 0.25) is 0 Å². The van der Waals surface area contributed by atoms with Crippen LogP contribution in [0.5, 0.6) is 11.5 Å². The monoisotopic (exact) mass is 340 g/mol. The quantitative estimate of drug-likeness (QED) is 0.523. The van der Waals surface area contributed by atoms with Crippen molar-refractivity contribution >= 4 is 18.0 Å². The van der Waals surface area contributed by atoms with Crippen molar-refractivity contribution in [1.29, 1.82) is 0 Å². The molecular weight excluding hydrogens is 324 g/mol. The first-order valence-corrected chi connectivity index (χ1v) is 7.73. The predicted octanol–water partition coefficient (Wildman–Crippen LogP) is 2.97. The molecule has 25 heavy (non-hydrogen) atoms. The Morgan fingerprint density at radius 3 is 2.40 bits per heavy atom. The zero-order valence-corrected chi connectivity index (χ0v) is 13.5. The van der Waals surface area contributed by atoms with Gasteiger partial charge in [0.05, 0.1) is 6.61 Å². The van der Waals surface area contributed by atoms with Gasteiger partial charge in [-0.3, -0.25) is 0 Å². The molecule has 2 aromatic rings. The molecule has 1 fully saturated rings. The van der Waals surface area contributed by atoms with Crippen molar-refractivity contribution in [3.63, 3.8) is 0 Å². The van der Waals surface area contributed by atoms with Gasteiger partial charge in [-0.25, -0.2) is 9.59 Å². The molecule has 1 N–H and O–H groups in total. The van der Waals surface area contributed by atoms with E-state index in [1.54, 1.807) is 37.3 Å². The van der Waals surface area contributed by atoms with E-state index in [2.05, 4.69) is 0 Å². The molecule has 0 radical (unpaired) electrons. The zero-order valence-electron chi connectivity index (χ0n) is 13.5. The average molecular weight is 340 g/mol. The van der Waals surface area contributed by atoms with Crippen molar-refractivity contribution in [1.82, 2.24) is 0 Å². The molecular formula is C19H16O6. The van der Waals surface area contributed by atoms with E-state index in [4.69, 9.17) is 14.2 Å². The molecule has 0 spiro atoms. The molecule has 0 aliphatic carbocycles. The maximum absolute atomic E-state index is 12.2. The number of benzene rings is 2. The third-order valence-electron chi connectivity index (χ3n) is 3.53. The van der Waals surface area contributed by atoms with Gasteiger partial charge >= 0.3 is 11.9 Å². The number of esters is 2. The van der Waals surface area contributed by atoms with Crippen LogP contribution in [0.2, 0.25) is 0 Å². The number of cyclic esters (lactones) is 2. The molecule has 0 unspecified atom stereocenters. The van der Waals surface area contributed by atoms with Crippen molar-refractivity contribution < 1.29 is 28.9 Å². The Kier molecular flexibility index (Phi) is 4.70. The number of hydrogen-bond donors (Lipinski definition) is 1. The fourth-order valence-corrected chi connectivity index (χ4v) is 2.35. The average Bonchev–Trinajstić information content (AvgIpc) is 2.61. The van der Waals surface area contributed by atoms with Crippen LogP contribution >= 0.6 is 0 Å². The number of carbonyl (C=O) groups is 2. The van der Waals surface area contributed by atoms with E-state index in [0.717, 1.165) is 0 Å². The van der Waals surface area contributed by atoms with Crippen LogP contribution in [0.4, 0.5) is 0 Å². The second kappa shape index (κ2) is 7.09. The molecule has 6 nitrogen and oxygen atoms in total.